The Morgan fingerprint density at radius 2 is 2.40 bits per heavy atom. The van der Waals surface area contributed by atoms with E-state index in [0.29, 0.717) is 19.8 Å². The van der Waals surface area contributed by atoms with Gasteiger partial charge in [0.2, 0.25) is 5.91 Å². The Balaban J connectivity index is 2.54. The molecule has 4 nitrogen and oxygen atoms in total. The van der Waals surface area contributed by atoms with Crippen LogP contribution in [-0.4, -0.2) is 50.2 Å². The molecule has 1 rings (SSSR count). The van der Waals surface area contributed by atoms with Crippen molar-refractivity contribution in [3.8, 4) is 12.3 Å². The number of carbonyl (C=O) groups is 1. The highest BCUT2D eigenvalue weighted by Gasteiger charge is 2.34. The maximum absolute atomic E-state index is 11.9. The minimum Gasteiger partial charge on any atom is -0.379 e. The first-order chi connectivity index (χ1) is 7.20. The lowest BCUT2D eigenvalue weighted by Crippen LogP contribution is -2.44. The van der Waals surface area contributed by atoms with Crippen molar-refractivity contribution in [3.05, 3.63) is 0 Å². The number of amides is 1. The molecule has 0 spiro atoms. The van der Waals surface area contributed by atoms with Gasteiger partial charge in [0.1, 0.15) is 0 Å². The molecule has 0 radical (unpaired) electrons. The van der Waals surface area contributed by atoms with E-state index in [1.54, 1.807) is 11.9 Å². The van der Waals surface area contributed by atoms with Gasteiger partial charge in [0.15, 0.2) is 0 Å². The number of terminal acetylenes is 1. The first-order valence-electron chi connectivity index (χ1n) is 5.20. The number of hydrogen-bond donors (Lipinski definition) is 1. The van der Waals surface area contributed by atoms with Crippen LogP contribution in [0.1, 0.15) is 6.92 Å². The quantitative estimate of drug-likeness (QED) is 0.648. The Hall–Kier alpha value is -1.05. The van der Waals surface area contributed by atoms with E-state index in [9.17, 15) is 4.79 Å². The molecule has 84 valence electrons. The van der Waals surface area contributed by atoms with Crippen molar-refractivity contribution in [2.24, 2.45) is 5.92 Å². The van der Waals surface area contributed by atoms with Crippen LogP contribution >= 0.6 is 0 Å². The molecule has 2 atom stereocenters. The second kappa shape index (κ2) is 5.74. The Bertz CT molecular complexity index is 260. The SMILES string of the molecule is C#CCN(C)C(=O)C1COCC1NCC. The third-order valence-electron chi connectivity index (χ3n) is 2.57. The molecule has 0 aromatic carbocycles. The first kappa shape index (κ1) is 12.0. The molecule has 15 heavy (non-hydrogen) atoms. The van der Waals surface area contributed by atoms with Crippen molar-refractivity contribution in [1.82, 2.24) is 10.2 Å². The minimum absolute atomic E-state index is 0.0661. The zero-order valence-electron chi connectivity index (χ0n) is 9.32. The average Bonchev–Trinajstić information content (AvgIpc) is 2.66. The molecule has 4 heteroatoms. The van der Waals surface area contributed by atoms with E-state index < -0.39 is 0 Å². The first-order valence-corrected chi connectivity index (χ1v) is 5.20. The molecule has 1 saturated heterocycles. The third-order valence-corrected chi connectivity index (χ3v) is 2.57. The fourth-order valence-electron chi connectivity index (χ4n) is 1.76. The average molecular weight is 210 g/mol. The molecule has 1 amide bonds. The smallest absolute Gasteiger partial charge is 0.230 e. The van der Waals surface area contributed by atoms with Gasteiger partial charge in [-0.15, -0.1) is 6.42 Å². The summed E-state index contributed by atoms with van der Waals surface area (Å²) in [5, 5.41) is 3.25. The summed E-state index contributed by atoms with van der Waals surface area (Å²) in [7, 11) is 1.73. The van der Waals surface area contributed by atoms with Crippen molar-refractivity contribution >= 4 is 5.91 Å². The molecule has 2 unspecified atom stereocenters. The van der Waals surface area contributed by atoms with Gasteiger partial charge >= 0.3 is 0 Å². The maximum atomic E-state index is 11.9. The van der Waals surface area contributed by atoms with Crippen LogP contribution in [0.25, 0.3) is 0 Å². The Kier molecular flexibility index (Phi) is 4.60. The molecule has 1 heterocycles. The topological polar surface area (TPSA) is 41.6 Å². The number of carbonyl (C=O) groups excluding carboxylic acids is 1. The molecule has 0 bridgehead atoms. The van der Waals surface area contributed by atoms with Crippen molar-refractivity contribution in [2.75, 3.05) is 33.4 Å². The predicted octanol–water partition coefficient (Wildman–Crippen LogP) is -0.297. The van der Waals surface area contributed by atoms with Crippen LogP contribution in [0.3, 0.4) is 0 Å². The molecule has 0 aromatic rings. The predicted molar refractivity (Wildman–Crippen MR) is 58.2 cm³/mol. The van der Waals surface area contributed by atoms with Crippen LogP contribution in [0.2, 0.25) is 0 Å². The van der Waals surface area contributed by atoms with Crippen LogP contribution in [-0.2, 0) is 9.53 Å². The van der Waals surface area contributed by atoms with E-state index in [4.69, 9.17) is 11.2 Å². The van der Waals surface area contributed by atoms with Gasteiger partial charge in [0.05, 0.1) is 25.7 Å². The van der Waals surface area contributed by atoms with Crippen LogP contribution in [0, 0.1) is 18.3 Å². The van der Waals surface area contributed by atoms with Gasteiger partial charge in [-0.05, 0) is 6.54 Å². The maximum Gasteiger partial charge on any atom is 0.230 e. The van der Waals surface area contributed by atoms with E-state index in [2.05, 4.69) is 11.2 Å². The second-order valence-electron chi connectivity index (χ2n) is 3.71. The molecule has 1 aliphatic heterocycles. The van der Waals surface area contributed by atoms with Gasteiger partial charge in [-0.25, -0.2) is 0 Å². The standard InChI is InChI=1S/C11H18N2O2/c1-4-6-13(3)11(14)9-7-15-8-10(9)12-5-2/h1,9-10,12H,5-8H2,2-3H3. The number of hydrogen-bond acceptors (Lipinski definition) is 3. The molecular formula is C11H18N2O2. The van der Waals surface area contributed by atoms with Crippen LogP contribution in [0.5, 0.6) is 0 Å². The summed E-state index contributed by atoms with van der Waals surface area (Å²) in [6, 6.07) is 0.128. The summed E-state index contributed by atoms with van der Waals surface area (Å²) in [5.74, 6) is 2.43. The zero-order chi connectivity index (χ0) is 11.3. The lowest BCUT2D eigenvalue weighted by atomic mass is 10.0. The monoisotopic (exact) mass is 210 g/mol. The van der Waals surface area contributed by atoms with Crippen LogP contribution in [0.15, 0.2) is 0 Å². The molecule has 1 N–H and O–H groups in total. The number of rotatable bonds is 4. The van der Waals surface area contributed by atoms with E-state index in [1.807, 2.05) is 6.92 Å². The van der Waals surface area contributed by atoms with Crippen molar-refractivity contribution in [1.29, 1.82) is 0 Å². The van der Waals surface area contributed by atoms with E-state index >= 15 is 0 Å². The van der Waals surface area contributed by atoms with Gasteiger partial charge in [-0.1, -0.05) is 12.8 Å². The fourth-order valence-corrected chi connectivity index (χ4v) is 1.76. The molecule has 0 saturated carbocycles. The number of nitrogens with zero attached hydrogens (tertiary/aromatic N) is 1. The van der Waals surface area contributed by atoms with Gasteiger partial charge in [-0.3, -0.25) is 4.79 Å². The Labute approximate surface area is 91.0 Å². The summed E-state index contributed by atoms with van der Waals surface area (Å²) in [6.07, 6.45) is 5.17. The summed E-state index contributed by atoms with van der Waals surface area (Å²) >= 11 is 0. The van der Waals surface area contributed by atoms with Crippen molar-refractivity contribution in [2.45, 2.75) is 13.0 Å². The molecule has 0 aliphatic carbocycles. The number of nitrogens with one attached hydrogen (secondary N) is 1. The normalized spacial score (nSPS) is 24.9. The summed E-state index contributed by atoms with van der Waals surface area (Å²) < 4.78 is 5.31. The second-order valence-corrected chi connectivity index (χ2v) is 3.71. The highest BCUT2D eigenvalue weighted by Crippen LogP contribution is 2.15. The highest BCUT2D eigenvalue weighted by molar-refractivity contribution is 5.80. The van der Waals surface area contributed by atoms with Gasteiger partial charge in [0.25, 0.3) is 0 Å². The molecule has 1 fully saturated rings. The number of likely N-dealkylation sites (N-methyl/N-ethyl adjacent to an activating group) is 1. The summed E-state index contributed by atoms with van der Waals surface area (Å²) in [5.41, 5.74) is 0. The van der Waals surface area contributed by atoms with Gasteiger partial charge < -0.3 is 15.0 Å². The van der Waals surface area contributed by atoms with Crippen LogP contribution in [0.4, 0.5) is 0 Å². The van der Waals surface area contributed by atoms with E-state index in [-0.39, 0.29) is 17.9 Å². The summed E-state index contributed by atoms with van der Waals surface area (Å²) in [4.78, 5) is 13.5. The highest BCUT2D eigenvalue weighted by atomic mass is 16.5. The van der Waals surface area contributed by atoms with Gasteiger partial charge in [0, 0.05) is 13.1 Å². The lowest BCUT2D eigenvalue weighted by Gasteiger charge is -2.22. The largest absolute Gasteiger partial charge is 0.379 e. The van der Waals surface area contributed by atoms with E-state index in [1.165, 1.54) is 0 Å². The molecule has 0 aromatic heterocycles. The minimum atomic E-state index is -0.0942. The van der Waals surface area contributed by atoms with Crippen molar-refractivity contribution < 1.29 is 9.53 Å². The Morgan fingerprint density at radius 3 is 3.00 bits per heavy atom. The van der Waals surface area contributed by atoms with Crippen molar-refractivity contribution in [3.63, 3.8) is 0 Å². The molecule has 1 aliphatic rings. The summed E-state index contributed by atoms with van der Waals surface area (Å²) in [6.45, 7) is 4.31. The fraction of sp³-hybridized carbons (Fsp3) is 0.727. The Morgan fingerprint density at radius 1 is 1.67 bits per heavy atom. The number of ether oxygens (including phenoxy) is 1. The lowest BCUT2D eigenvalue weighted by molar-refractivity contribution is -0.134. The van der Waals surface area contributed by atoms with Gasteiger partial charge in [-0.2, -0.15) is 0 Å². The molecular weight excluding hydrogens is 192 g/mol. The third kappa shape index (κ3) is 2.95. The van der Waals surface area contributed by atoms with Crippen LogP contribution < -0.4 is 5.32 Å². The van der Waals surface area contributed by atoms with E-state index in [0.717, 1.165) is 6.54 Å². The zero-order valence-corrected chi connectivity index (χ0v) is 9.32.